The van der Waals surface area contributed by atoms with Crippen LogP contribution >= 0.6 is 22.6 Å². The van der Waals surface area contributed by atoms with E-state index >= 15 is 0 Å². The monoisotopic (exact) mass is 414 g/mol. The fourth-order valence-corrected chi connectivity index (χ4v) is 3.45. The number of benzene rings is 1. The summed E-state index contributed by atoms with van der Waals surface area (Å²) in [6.07, 6.45) is 0.0791. The molecule has 2 N–H and O–H groups in total. The molecular weight excluding hydrogens is 403 g/mol. The minimum atomic E-state index is -4.28. The molecule has 0 amide bonds. The summed E-state index contributed by atoms with van der Waals surface area (Å²) in [5.41, 5.74) is -0.599. The zero-order valence-corrected chi connectivity index (χ0v) is 13.0. The molecule has 1 aromatic rings. The van der Waals surface area contributed by atoms with Gasteiger partial charge in [-0.1, -0.05) is 34.7 Å². The Labute approximate surface area is 128 Å². The quantitative estimate of drug-likeness (QED) is 0.298. The SMILES string of the molecule is O=C(O)C(CCI)NS(=O)(=O)c1ccccc1[N+](=O)[O-]. The molecule has 0 saturated carbocycles. The zero-order valence-electron chi connectivity index (χ0n) is 10.0. The smallest absolute Gasteiger partial charge is 0.321 e. The molecule has 0 fully saturated rings. The van der Waals surface area contributed by atoms with E-state index in [4.69, 9.17) is 5.11 Å². The molecule has 1 aromatic carbocycles. The highest BCUT2D eigenvalue weighted by Crippen LogP contribution is 2.23. The van der Waals surface area contributed by atoms with Crippen molar-refractivity contribution < 1.29 is 23.2 Å². The minimum Gasteiger partial charge on any atom is -0.480 e. The fourth-order valence-electron chi connectivity index (χ4n) is 1.43. The molecule has 110 valence electrons. The summed E-state index contributed by atoms with van der Waals surface area (Å²) in [6, 6.07) is 3.44. The van der Waals surface area contributed by atoms with Gasteiger partial charge >= 0.3 is 5.97 Å². The number of nitro benzene ring substituents is 1. The number of carboxylic acid groups (broad SMARTS) is 1. The first-order valence-corrected chi connectivity index (χ1v) is 8.35. The summed E-state index contributed by atoms with van der Waals surface area (Å²) in [5.74, 6) is -1.33. The van der Waals surface area contributed by atoms with E-state index in [-0.39, 0.29) is 6.42 Å². The highest BCUT2D eigenvalue weighted by Gasteiger charge is 2.30. The Morgan fingerprint density at radius 1 is 1.45 bits per heavy atom. The molecule has 0 aromatic heterocycles. The van der Waals surface area contributed by atoms with Gasteiger partial charge in [0, 0.05) is 10.5 Å². The van der Waals surface area contributed by atoms with E-state index in [9.17, 15) is 23.3 Å². The molecule has 10 heteroatoms. The number of alkyl halides is 1. The van der Waals surface area contributed by atoms with Crippen LogP contribution in [0.5, 0.6) is 0 Å². The van der Waals surface area contributed by atoms with Crippen LogP contribution in [0.25, 0.3) is 0 Å². The lowest BCUT2D eigenvalue weighted by atomic mass is 10.2. The predicted octanol–water partition coefficient (Wildman–Crippen LogP) is 1.15. The van der Waals surface area contributed by atoms with Gasteiger partial charge in [0.05, 0.1) is 4.92 Å². The third kappa shape index (κ3) is 4.11. The number of halogens is 1. The van der Waals surface area contributed by atoms with Gasteiger partial charge in [0.1, 0.15) is 6.04 Å². The van der Waals surface area contributed by atoms with Crippen molar-refractivity contribution in [3.05, 3.63) is 34.4 Å². The van der Waals surface area contributed by atoms with E-state index in [1.807, 2.05) is 27.3 Å². The zero-order chi connectivity index (χ0) is 15.3. The van der Waals surface area contributed by atoms with E-state index in [1.54, 1.807) is 0 Å². The van der Waals surface area contributed by atoms with Crippen molar-refractivity contribution in [3.8, 4) is 0 Å². The molecular formula is C10H11IN2O6S. The number of para-hydroxylation sites is 1. The average Bonchev–Trinajstić information content (AvgIpc) is 2.38. The predicted molar refractivity (Wildman–Crippen MR) is 78.3 cm³/mol. The van der Waals surface area contributed by atoms with Gasteiger partial charge < -0.3 is 5.11 Å². The van der Waals surface area contributed by atoms with Gasteiger partial charge in [-0.2, -0.15) is 4.72 Å². The Morgan fingerprint density at radius 2 is 2.05 bits per heavy atom. The minimum absolute atomic E-state index is 0.0791. The molecule has 0 spiro atoms. The molecule has 0 saturated heterocycles. The maximum atomic E-state index is 12.1. The number of carboxylic acids is 1. The number of carbonyl (C=O) groups is 1. The lowest BCUT2D eigenvalue weighted by Gasteiger charge is -2.13. The van der Waals surface area contributed by atoms with E-state index < -0.39 is 37.5 Å². The summed E-state index contributed by atoms with van der Waals surface area (Å²) < 4.78 is 26.5. The molecule has 1 atom stereocenters. The van der Waals surface area contributed by atoms with Gasteiger partial charge in [0.15, 0.2) is 4.90 Å². The first-order chi connectivity index (χ1) is 9.29. The Hall–Kier alpha value is -1.27. The number of aliphatic carboxylic acids is 1. The molecule has 0 heterocycles. The Kier molecular flexibility index (Phi) is 5.83. The van der Waals surface area contributed by atoms with Gasteiger partial charge in [-0.05, 0) is 12.5 Å². The van der Waals surface area contributed by atoms with Gasteiger partial charge in [-0.3, -0.25) is 14.9 Å². The molecule has 20 heavy (non-hydrogen) atoms. The standard InChI is InChI=1S/C10H11IN2O6S/c11-6-5-7(10(14)15)12-20(18,19)9-4-2-1-3-8(9)13(16)17/h1-4,7,12H,5-6H2,(H,14,15). The first kappa shape index (κ1) is 16.8. The average molecular weight is 414 g/mol. The second-order valence-electron chi connectivity index (χ2n) is 3.71. The van der Waals surface area contributed by atoms with Gasteiger partial charge in [0.25, 0.3) is 5.69 Å². The van der Waals surface area contributed by atoms with Crippen molar-refractivity contribution in [3.63, 3.8) is 0 Å². The van der Waals surface area contributed by atoms with Crippen LogP contribution in [0.15, 0.2) is 29.2 Å². The summed E-state index contributed by atoms with van der Waals surface area (Å²) in [6.45, 7) is 0. The van der Waals surface area contributed by atoms with Crippen molar-refractivity contribution in [2.45, 2.75) is 17.4 Å². The summed E-state index contributed by atoms with van der Waals surface area (Å²) in [7, 11) is -4.28. The molecule has 1 unspecified atom stereocenters. The Bertz CT molecular complexity index is 618. The molecule has 1 rings (SSSR count). The van der Waals surface area contributed by atoms with Crippen LogP contribution in [0.1, 0.15) is 6.42 Å². The second-order valence-corrected chi connectivity index (χ2v) is 6.48. The summed E-state index contributed by atoms with van der Waals surface area (Å²) in [4.78, 5) is 20.4. The first-order valence-electron chi connectivity index (χ1n) is 5.34. The highest BCUT2D eigenvalue weighted by atomic mass is 127. The molecule has 8 nitrogen and oxygen atoms in total. The number of rotatable bonds is 7. The number of nitro groups is 1. The van der Waals surface area contributed by atoms with Crippen LogP contribution in [0.4, 0.5) is 5.69 Å². The third-order valence-corrected chi connectivity index (χ3v) is 4.49. The number of hydrogen-bond acceptors (Lipinski definition) is 5. The van der Waals surface area contributed by atoms with E-state index in [2.05, 4.69) is 0 Å². The normalized spacial score (nSPS) is 12.8. The third-order valence-electron chi connectivity index (χ3n) is 2.34. The van der Waals surface area contributed by atoms with Crippen LogP contribution in [0.2, 0.25) is 0 Å². The maximum Gasteiger partial charge on any atom is 0.321 e. The van der Waals surface area contributed by atoms with E-state index in [0.29, 0.717) is 4.43 Å². The Balaban J connectivity index is 3.17. The van der Waals surface area contributed by atoms with Crippen LogP contribution < -0.4 is 4.72 Å². The highest BCUT2D eigenvalue weighted by molar-refractivity contribution is 14.1. The number of hydrogen-bond donors (Lipinski definition) is 2. The topological polar surface area (TPSA) is 127 Å². The lowest BCUT2D eigenvalue weighted by molar-refractivity contribution is -0.387. The Morgan fingerprint density at radius 3 is 2.55 bits per heavy atom. The number of nitrogens with zero attached hydrogens (tertiary/aromatic N) is 1. The summed E-state index contributed by atoms with van der Waals surface area (Å²) in [5, 5.41) is 19.7. The summed E-state index contributed by atoms with van der Waals surface area (Å²) >= 11 is 1.91. The van der Waals surface area contributed by atoms with Crippen LogP contribution in [0.3, 0.4) is 0 Å². The largest absolute Gasteiger partial charge is 0.480 e. The van der Waals surface area contributed by atoms with Crippen molar-refractivity contribution in [1.82, 2.24) is 4.72 Å². The molecule has 0 aliphatic heterocycles. The van der Waals surface area contributed by atoms with Gasteiger partial charge in [-0.15, -0.1) is 0 Å². The molecule has 0 bridgehead atoms. The van der Waals surface area contributed by atoms with Crippen molar-refractivity contribution in [2.75, 3.05) is 4.43 Å². The van der Waals surface area contributed by atoms with Crippen LogP contribution in [0, 0.1) is 10.1 Å². The number of nitrogens with one attached hydrogen (secondary N) is 1. The van der Waals surface area contributed by atoms with Crippen molar-refractivity contribution in [1.29, 1.82) is 0 Å². The maximum absolute atomic E-state index is 12.1. The van der Waals surface area contributed by atoms with Crippen molar-refractivity contribution in [2.24, 2.45) is 0 Å². The molecule has 0 aliphatic rings. The van der Waals surface area contributed by atoms with E-state index in [0.717, 1.165) is 12.1 Å². The van der Waals surface area contributed by atoms with E-state index in [1.165, 1.54) is 12.1 Å². The van der Waals surface area contributed by atoms with Crippen LogP contribution in [-0.4, -0.2) is 34.9 Å². The molecule has 0 radical (unpaired) electrons. The second kappa shape index (κ2) is 6.95. The van der Waals surface area contributed by atoms with Crippen molar-refractivity contribution >= 4 is 44.3 Å². The molecule has 0 aliphatic carbocycles. The van der Waals surface area contributed by atoms with Gasteiger partial charge in [-0.25, -0.2) is 8.42 Å². The lowest BCUT2D eigenvalue weighted by Crippen LogP contribution is -2.41. The van der Waals surface area contributed by atoms with Crippen LogP contribution in [-0.2, 0) is 14.8 Å². The fraction of sp³-hybridized carbons (Fsp3) is 0.300. The number of sulfonamides is 1. The van der Waals surface area contributed by atoms with Gasteiger partial charge in [0.2, 0.25) is 10.0 Å².